The fourth-order valence-electron chi connectivity index (χ4n) is 2.09. The largest absolute Gasteiger partial charge is 0.478 e. The topological polar surface area (TPSA) is 40.5 Å². The molecule has 0 aromatic carbocycles. The first-order valence-electron chi connectivity index (χ1n) is 7.74. The summed E-state index contributed by atoms with van der Waals surface area (Å²) in [6, 6.07) is 0. The highest BCUT2D eigenvalue weighted by Crippen LogP contribution is 2.06. The molecule has 0 aromatic heterocycles. The Morgan fingerprint density at radius 3 is 2.26 bits per heavy atom. The first-order valence-corrected chi connectivity index (χ1v) is 7.74. The van der Waals surface area contributed by atoms with E-state index in [1.165, 1.54) is 38.5 Å². The van der Waals surface area contributed by atoms with Gasteiger partial charge in [-0.3, -0.25) is 0 Å². The summed E-state index contributed by atoms with van der Waals surface area (Å²) in [5.74, 6) is -0.807. The molecule has 0 rings (SSSR count). The second kappa shape index (κ2) is 12.2. The van der Waals surface area contributed by atoms with E-state index in [-0.39, 0.29) is 0 Å². The second-order valence-corrected chi connectivity index (χ2v) is 5.18. The molecule has 3 nitrogen and oxygen atoms in total. The number of aliphatic carboxylic acids is 1. The van der Waals surface area contributed by atoms with Crippen molar-refractivity contribution in [3.8, 4) is 0 Å². The molecule has 0 amide bonds. The summed E-state index contributed by atoms with van der Waals surface area (Å²) in [5, 5.41) is 8.77. The molecule has 3 heteroatoms. The summed E-state index contributed by atoms with van der Waals surface area (Å²) in [6.07, 6.45) is 10.6. The molecule has 0 aliphatic carbocycles. The number of rotatable bonds is 12. The lowest BCUT2D eigenvalue weighted by molar-refractivity contribution is -0.132. The molecular weight excluding hydrogens is 238 g/mol. The molecule has 0 spiro atoms. The summed E-state index contributed by atoms with van der Waals surface area (Å²) < 4.78 is 0. The van der Waals surface area contributed by atoms with Gasteiger partial charge in [0.1, 0.15) is 0 Å². The summed E-state index contributed by atoms with van der Waals surface area (Å²) >= 11 is 0. The molecule has 0 fully saturated rings. The van der Waals surface area contributed by atoms with Gasteiger partial charge in [0.25, 0.3) is 0 Å². The minimum atomic E-state index is -0.807. The Morgan fingerprint density at radius 2 is 1.68 bits per heavy atom. The third-order valence-electron chi connectivity index (χ3n) is 3.51. The zero-order chi connectivity index (χ0) is 14.5. The lowest BCUT2D eigenvalue weighted by Crippen LogP contribution is -2.25. The second-order valence-electron chi connectivity index (χ2n) is 5.18. The quantitative estimate of drug-likeness (QED) is 0.428. The van der Waals surface area contributed by atoms with Crippen LogP contribution in [0.4, 0.5) is 0 Å². The smallest absolute Gasteiger partial charge is 0.330 e. The van der Waals surface area contributed by atoms with Gasteiger partial charge >= 0.3 is 5.97 Å². The van der Waals surface area contributed by atoms with E-state index in [0.29, 0.717) is 5.57 Å². The zero-order valence-electron chi connectivity index (χ0n) is 13.0. The number of unbranched alkanes of at least 4 members (excludes halogenated alkanes) is 5. The van der Waals surface area contributed by atoms with Crippen LogP contribution in [0, 0.1) is 0 Å². The van der Waals surface area contributed by atoms with Crippen LogP contribution >= 0.6 is 0 Å². The fourth-order valence-corrected chi connectivity index (χ4v) is 2.09. The highest BCUT2D eigenvalue weighted by Gasteiger charge is 2.02. The average Bonchev–Trinajstić information content (AvgIpc) is 2.40. The molecule has 1 N–H and O–H groups in total. The Bertz CT molecular complexity index is 261. The number of hydrogen-bond donors (Lipinski definition) is 1. The van der Waals surface area contributed by atoms with Gasteiger partial charge in [-0.15, -0.1) is 0 Å². The maximum absolute atomic E-state index is 10.7. The summed E-state index contributed by atoms with van der Waals surface area (Å²) in [6.45, 7) is 9.23. The lowest BCUT2D eigenvalue weighted by Gasteiger charge is -2.19. The van der Waals surface area contributed by atoms with Crippen LogP contribution in [0.3, 0.4) is 0 Å². The Hall–Kier alpha value is -0.830. The van der Waals surface area contributed by atoms with Crippen LogP contribution in [-0.4, -0.2) is 35.6 Å². The lowest BCUT2D eigenvalue weighted by atomic mass is 10.1. The van der Waals surface area contributed by atoms with Crippen LogP contribution in [0.1, 0.15) is 65.7 Å². The van der Waals surface area contributed by atoms with Crippen LogP contribution in [0.5, 0.6) is 0 Å². The van der Waals surface area contributed by atoms with Crippen LogP contribution in [0.15, 0.2) is 11.6 Å². The monoisotopic (exact) mass is 269 g/mol. The van der Waals surface area contributed by atoms with E-state index in [9.17, 15) is 4.79 Å². The number of carboxylic acids is 1. The van der Waals surface area contributed by atoms with E-state index < -0.39 is 5.97 Å². The fraction of sp³-hybridized carbons (Fsp3) is 0.812. The van der Waals surface area contributed by atoms with E-state index >= 15 is 0 Å². The van der Waals surface area contributed by atoms with Crippen molar-refractivity contribution in [3.63, 3.8) is 0 Å². The Kier molecular flexibility index (Phi) is 11.7. The van der Waals surface area contributed by atoms with E-state index in [1.54, 1.807) is 6.92 Å². The molecule has 0 bridgehead atoms. The van der Waals surface area contributed by atoms with Gasteiger partial charge in [0.2, 0.25) is 0 Å². The highest BCUT2D eigenvalue weighted by molar-refractivity contribution is 5.85. The molecule has 0 heterocycles. The minimum absolute atomic E-state index is 0.454. The van der Waals surface area contributed by atoms with Crippen molar-refractivity contribution in [1.29, 1.82) is 0 Å². The minimum Gasteiger partial charge on any atom is -0.478 e. The van der Waals surface area contributed by atoms with Crippen molar-refractivity contribution in [3.05, 3.63) is 11.6 Å². The van der Waals surface area contributed by atoms with Gasteiger partial charge in [-0.05, 0) is 32.9 Å². The molecule has 0 saturated carbocycles. The van der Waals surface area contributed by atoms with Gasteiger partial charge in [-0.2, -0.15) is 0 Å². The van der Waals surface area contributed by atoms with Crippen molar-refractivity contribution in [2.24, 2.45) is 0 Å². The molecule has 112 valence electrons. The van der Waals surface area contributed by atoms with Gasteiger partial charge in [-0.1, -0.05) is 52.0 Å². The van der Waals surface area contributed by atoms with Crippen LogP contribution in [0.25, 0.3) is 0 Å². The van der Waals surface area contributed by atoms with Gasteiger partial charge in [0.05, 0.1) is 0 Å². The molecular formula is C16H31NO2. The third-order valence-corrected chi connectivity index (χ3v) is 3.51. The van der Waals surface area contributed by atoms with Crippen molar-refractivity contribution in [2.75, 3.05) is 19.6 Å². The average molecular weight is 269 g/mol. The van der Waals surface area contributed by atoms with Crippen LogP contribution in [0.2, 0.25) is 0 Å². The van der Waals surface area contributed by atoms with Gasteiger partial charge in [0.15, 0.2) is 0 Å². The van der Waals surface area contributed by atoms with E-state index in [4.69, 9.17) is 5.11 Å². The first kappa shape index (κ1) is 18.2. The predicted octanol–water partition coefficient (Wildman–Crippen LogP) is 4.09. The number of carboxylic acid groups (broad SMARTS) is 1. The summed E-state index contributed by atoms with van der Waals surface area (Å²) in [7, 11) is 0. The molecule has 0 radical (unpaired) electrons. The zero-order valence-corrected chi connectivity index (χ0v) is 13.0. The maximum Gasteiger partial charge on any atom is 0.330 e. The standard InChI is InChI=1S/C16H31NO2/c1-4-6-7-8-9-10-13-17(5-2)14-11-12-15(3)16(18)19/h12H,4-11,13-14H2,1-3H3,(H,18,19). The van der Waals surface area contributed by atoms with E-state index in [1.807, 2.05) is 6.08 Å². The SMILES string of the molecule is CCCCCCCCN(CC)CCC=C(C)C(=O)O. The molecule has 0 atom stereocenters. The Labute approximate surface area is 118 Å². The van der Waals surface area contributed by atoms with E-state index in [0.717, 1.165) is 26.1 Å². The number of carbonyl (C=O) groups is 1. The molecule has 0 aliphatic rings. The van der Waals surface area contributed by atoms with Crippen molar-refractivity contribution in [2.45, 2.75) is 65.7 Å². The highest BCUT2D eigenvalue weighted by atomic mass is 16.4. The molecule has 19 heavy (non-hydrogen) atoms. The third kappa shape index (κ3) is 10.8. The van der Waals surface area contributed by atoms with Crippen LogP contribution < -0.4 is 0 Å². The van der Waals surface area contributed by atoms with Crippen molar-refractivity contribution in [1.82, 2.24) is 4.90 Å². The van der Waals surface area contributed by atoms with Crippen LogP contribution in [-0.2, 0) is 4.79 Å². The van der Waals surface area contributed by atoms with E-state index in [2.05, 4.69) is 18.7 Å². The molecule has 0 aliphatic heterocycles. The summed E-state index contributed by atoms with van der Waals surface area (Å²) in [4.78, 5) is 13.1. The predicted molar refractivity (Wildman–Crippen MR) is 81.5 cm³/mol. The molecule has 0 unspecified atom stereocenters. The van der Waals surface area contributed by atoms with Crippen molar-refractivity contribution >= 4 is 5.97 Å². The maximum atomic E-state index is 10.7. The number of nitrogens with zero attached hydrogens (tertiary/aromatic N) is 1. The first-order chi connectivity index (χ1) is 9.11. The van der Waals surface area contributed by atoms with Crippen molar-refractivity contribution < 1.29 is 9.90 Å². The Morgan fingerprint density at radius 1 is 1.05 bits per heavy atom. The molecule has 0 saturated heterocycles. The number of hydrogen-bond acceptors (Lipinski definition) is 2. The van der Waals surface area contributed by atoms with Gasteiger partial charge in [-0.25, -0.2) is 4.79 Å². The van der Waals surface area contributed by atoms with Gasteiger partial charge in [0, 0.05) is 12.1 Å². The Balaban J connectivity index is 3.66. The normalized spacial score (nSPS) is 12.1. The van der Waals surface area contributed by atoms with Gasteiger partial charge < -0.3 is 10.0 Å². The summed E-state index contributed by atoms with van der Waals surface area (Å²) in [5.41, 5.74) is 0.454. The molecule has 0 aromatic rings.